The number of pyridine rings is 1. The van der Waals surface area contributed by atoms with E-state index in [0.29, 0.717) is 24.7 Å². The monoisotopic (exact) mass is 261 g/mol. The SMILES string of the molecule is CCOc1cccnc1N(C)C1CC2CCC(C1)N2. The number of hydrogen-bond donors (Lipinski definition) is 1. The Morgan fingerprint density at radius 1 is 1.37 bits per heavy atom. The van der Waals surface area contributed by atoms with Crippen LogP contribution in [-0.4, -0.2) is 36.8 Å². The van der Waals surface area contributed by atoms with Gasteiger partial charge in [-0.15, -0.1) is 0 Å². The van der Waals surface area contributed by atoms with Gasteiger partial charge in [0.2, 0.25) is 0 Å². The molecule has 4 heteroatoms. The van der Waals surface area contributed by atoms with Crippen molar-refractivity contribution in [2.24, 2.45) is 0 Å². The molecule has 2 aliphatic rings. The minimum atomic E-state index is 0.577. The predicted octanol–water partition coefficient (Wildman–Crippen LogP) is 2.20. The molecule has 19 heavy (non-hydrogen) atoms. The summed E-state index contributed by atoms with van der Waals surface area (Å²) in [6.45, 7) is 2.70. The van der Waals surface area contributed by atoms with Gasteiger partial charge >= 0.3 is 0 Å². The average molecular weight is 261 g/mol. The van der Waals surface area contributed by atoms with Crippen LogP contribution in [0.3, 0.4) is 0 Å². The maximum Gasteiger partial charge on any atom is 0.171 e. The standard InChI is InChI=1S/C15H23N3O/c1-3-19-14-5-4-8-16-15(14)18(2)13-9-11-6-7-12(10-13)17-11/h4-5,8,11-13,17H,3,6-7,9-10H2,1-2H3. The highest BCUT2D eigenvalue weighted by Crippen LogP contribution is 2.33. The van der Waals surface area contributed by atoms with Crippen LogP contribution in [0.4, 0.5) is 5.82 Å². The lowest BCUT2D eigenvalue weighted by molar-refractivity contribution is 0.330. The molecule has 2 fully saturated rings. The molecule has 2 aliphatic heterocycles. The molecule has 1 aromatic heterocycles. The van der Waals surface area contributed by atoms with E-state index >= 15 is 0 Å². The van der Waals surface area contributed by atoms with Gasteiger partial charge in [0.05, 0.1) is 6.61 Å². The van der Waals surface area contributed by atoms with Crippen molar-refractivity contribution in [1.29, 1.82) is 0 Å². The molecule has 1 aromatic rings. The highest BCUT2D eigenvalue weighted by atomic mass is 16.5. The van der Waals surface area contributed by atoms with Crippen LogP contribution in [0.5, 0.6) is 5.75 Å². The van der Waals surface area contributed by atoms with Crippen LogP contribution in [0, 0.1) is 0 Å². The number of fused-ring (bicyclic) bond motifs is 2. The van der Waals surface area contributed by atoms with E-state index in [1.807, 2.05) is 25.3 Å². The zero-order chi connectivity index (χ0) is 13.2. The summed E-state index contributed by atoms with van der Waals surface area (Å²) in [5.74, 6) is 1.88. The Bertz CT molecular complexity index is 425. The molecule has 104 valence electrons. The van der Waals surface area contributed by atoms with Gasteiger partial charge in [-0.25, -0.2) is 4.98 Å². The minimum absolute atomic E-state index is 0.577. The maximum absolute atomic E-state index is 5.70. The van der Waals surface area contributed by atoms with Crippen LogP contribution in [0.2, 0.25) is 0 Å². The molecule has 2 bridgehead atoms. The average Bonchev–Trinajstić information content (AvgIpc) is 2.78. The molecule has 0 radical (unpaired) electrons. The van der Waals surface area contributed by atoms with Crippen molar-refractivity contribution in [2.75, 3.05) is 18.6 Å². The van der Waals surface area contributed by atoms with E-state index in [0.717, 1.165) is 11.6 Å². The second-order valence-electron chi connectivity index (χ2n) is 5.63. The summed E-state index contributed by atoms with van der Waals surface area (Å²) in [7, 11) is 2.15. The second kappa shape index (κ2) is 5.37. The number of nitrogens with zero attached hydrogens (tertiary/aromatic N) is 2. The first-order valence-electron chi connectivity index (χ1n) is 7.34. The summed E-state index contributed by atoms with van der Waals surface area (Å²) in [6, 6.07) is 5.93. The van der Waals surface area contributed by atoms with Crippen LogP contribution >= 0.6 is 0 Å². The fourth-order valence-electron chi connectivity index (χ4n) is 3.43. The number of hydrogen-bond acceptors (Lipinski definition) is 4. The summed E-state index contributed by atoms with van der Waals surface area (Å²) in [5, 5.41) is 3.69. The Labute approximate surface area is 115 Å². The van der Waals surface area contributed by atoms with Crippen molar-refractivity contribution in [3.05, 3.63) is 18.3 Å². The van der Waals surface area contributed by atoms with Gasteiger partial charge in [0, 0.05) is 31.4 Å². The van der Waals surface area contributed by atoms with Crippen molar-refractivity contribution in [3.8, 4) is 5.75 Å². The van der Waals surface area contributed by atoms with Gasteiger partial charge in [0.1, 0.15) is 0 Å². The molecule has 2 unspecified atom stereocenters. The molecule has 2 saturated heterocycles. The lowest BCUT2D eigenvalue weighted by Gasteiger charge is -2.36. The number of ether oxygens (including phenoxy) is 1. The Hall–Kier alpha value is -1.29. The molecule has 4 nitrogen and oxygen atoms in total. The van der Waals surface area contributed by atoms with Crippen molar-refractivity contribution in [3.63, 3.8) is 0 Å². The molecular weight excluding hydrogens is 238 g/mol. The third-order valence-electron chi connectivity index (χ3n) is 4.38. The van der Waals surface area contributed by atoms with Crippen LogP contribution in [0.1, 0.15) is 32.6 Å². The molecule has 0 aromatic carbocycles. The van der Waals surface area contributed by atoms with Crippen LogP contribution in [-0.2, 0) is 0 Å². The quantitative estimate of drug-likeness (QED) is 0.901. The van der Waals surface area contributed by atoms with Gasteiger partial charge in [0.15, 0.2) is 11.6 Å². The third-order valence-corrected chi connectivity index (χ3v) is 4.38. The molecule has 1 N–H and O–H groups in total. The fraction of sp³-hybridized carbons (Fsp3) is 0.667. The van der Waals surface area contributed by atoms with E-state index in [4.69, 9.17) is 4.74 Å². The molecule has 3 heterocycles. The lowest BCUT2D eigenvalue weighted by Crippen LogP contribution is -2.47. The van der Waals surface area contributed by atoms with Gasteiger partial charge in [0.25, 0.3) is 0 Å². The third kappa shape index (κ3) is 2.54. The van der Waals surface area contributed by atoms with Gasteiger partial charge in [-0.1, -0.05) is 0 Å². The Morgan fingerprint density at radius 3 is 2.79 bits per heavy atom. The summed E-state index contributed by atoms with van der Waals surface area (Å²) in [5.41, 5.74) is 0. The normalized spacial score (nSPS) is 29.3. The molecule has 3 rings (SSSR count). The highest BCUT2D eigenvalue weighted by Gasteiger charge is 2.35. The number of anilines is 1. The largest absolute Gasteiger partial charge is 0.490 e. The Kier molecular flexibility index (Phi) is 3.60. The predicted molar refractivity (Wildman–Crippen MR) is 76.8 cm³/mol. The lowest BCUT2D eigenvalue weighted by atomic mass is 9.98. The molecule has 0 spiro atoms. The van der Waals surface area contributed by atoms with Crippen molar-refractivity contribution >= 4 is 5.82 Å². The first kappa shape index (κ1) is 12.7. The van der Waals surface area contributed by atoms with Gasteiger partial charge in [-0.05, 0) is 44.7 Å². The van der Waals surface area contributed by atoms with E-state index in [1.165, 1.54) is 25.7 Å². The van der Waals surface area contributed by atoms with Crippen LogP contribution in [0.25, 0.3) is 0 Å². The smallest absolute Gasteiger partial charge is 0.171 e. The number of rotatable bonds is 4. The Balaban J connectivity index is 1.78. The molecule has 0 saturated carbocycles. The maximum atomic E-state index is 5.70. The van der Waals surface area contributed by atoms with Gasteiger partial charge in [-0.3, -0.25) is 0 Å². The fourth-order valence-corrected chi connectivity index (χ4v) is 3.43. The molecule has 0 aliphatic carbocycles. The zero-order valence-electron chi connectivity index (χ0n) is 11.8. The van der Waals surface area contributed by atoms with E-state index < -0.39 is 0 Å². The van der Waals surface area contributed by atoms with Crippen LogP contribution < -0.4 is 15.0 Å². The van der Waals surface area contributed by atoms with E-state index in [2.05, 4.69) is 22.2 Å². The second-order valence-corrected chi connectivity index (χ2v) is 5.63. The van der Waals surface area contributed by atoms with Crippen LogP contribution in [0.15, 0.2) is 18.3 Å². The van der Waals surface area contributed by atoms with E-state index in [-0.39, 0.29) is 0 Å². The van der Waals surface area contributed by atoms with Crippen molar-refractivity contribution in [1.82, 2.24) is 10.3 Å². The first-order chi connectivity index (χ1) is 9.28. The summed E-state index contributed by atoms with van der Waals surface area (Å²) < 4.78 is 5.70. The zero-order valence-corrected chi connectivity index (χ0v) is 11.8. The number of aromatic nitrogens is 1. The van der Waals surface area contributed by atoms with E-state index in [9.17, 15) is 0 Å². The Morgan fingerprint density at radius 2 is 2.11 bits per heavy atom. The van der Waals surface area contributed by atoms with Crippen molar-refractivity contribution < 1.29 is 4.74 Å². The molecule has 0 amide bonds. The van der Waals surface area contributed by atoms with E-state index in [1.54, 1.807) is 0 Å². The molecule has 2 atom stereocenters. The summed E-state index contributed by atoms with van der Waals surface area (Å²) in [6.07, 6.45) is 6.94. The topological polar surface area (TPSA) is 37.4 Å². The summed E-state index contributed by atoms with van der Waals surface area (Å²) in [4.78, 5) is 6.84. The number of nitrogens with one attached hydrogen (secondary N) is 1. The minimum Gasteiger partial charge on any atom is -0.490 e. The summed E-state index contributed by atoms with van der Waals surface area (Å²) >= 11 is 0. The van der Waals surface area contributed by atoms with Gasteiger partial charge in [-0.2, -0.15) is 0 Å². The molecular formula is C15H23N3O. The van der Waals surface area contributed by atoms with Gasteiger partial charge < -0.3 is 15.0 Å². The van der Waals surface area contributed by atoms with Crippen molar-refractivity contribution in [2.45, 2.75) is 50.7 Å². The number of piperidine rings is 1. The first-order valence-corrected chi connectivity index (χ1v) is 7.34. The highest BCUT2D eigenvalue weighted by molar-refractivity contribution is 5.52.